The smallest absolute Gasteiger partial charge is 0.338 e. The highest BCUT2D eigenvalue weighted by Gasteiger charge is 2.41. The van der Waals surface area contributed by atoms with Gasteiger partial charge in [0.1, 0.15) is 11.9 Å². The number of hydrogen-bond acceptors (Lipinski definition) is 6. The van der Waals surface area contributed by atoms with Crippen molar-refractivity contribution in [1.29, 1.82) is 0 Å². The molecule has 0 aliphatic carbocycles. The molecule has 2 aliphatic rings. The average molecular weight is 666 g/mol. The summed E-state index contributed by atoms with van der Waals surface area (Å²) >= 11 is 13.3. The molecule has 0 amide bonds. The fourth-order valence-corrected chi connectivity index (χ4v) is 8.98. The van der Waals surface area contributed by atoms with Crippen molar-refractivity contribution in [1.82, 2.24) is 14.5 Å². The molecule has 1 unspecified atom stereocenters. The van der Waals surface area contributed by atoms with E-state index in [1.54, 1.807) is 16.8 Å². The zero-order chi connectivity index (χ0) is 26.0. The number of esters is 1. The minimum atomic E-state index is -2.63. The van der Waals surface area contributed by atoms with E-state index >= 15 is 0 Å². The van der Waals surface area contributed by atoms with E-state index in [0.717, 1.165) is 51.4 Å². The van der Waals surface area contributed by atoms with E-state index in [2.05, 4.69) is 36.5 Å². The van der Waals surface area contributed by atoms with Crippen molar-refractivity contribution in [2.24, 2.45) is 4.99 Å². The Hall–Kier alpha value is -1.84. The van der Waals surface area contributed by atoms with Crippen LogP contribution in [0.3, 0.4) is 0 Å². The van der Waals surface area contributed by atoms with E-state index in [1.165, 1.54) is 12.8 Å². The van der Waals surface area contributed by atoms with Gasteiger partial charge in [-0.1, -0.05) is 44.7 Å². The number of benzene rings is 2. The molecule has 5 rings (SSSR count). The third-order valence-corrected chi connectivity index (χ3v) is 11.6. The summed E-state index contributed by atoms with van der Waals surface area (Å²) < 4.78 is 18.3. The maximum absolute atomic E-state index is 12.5. The van der Waals surface area contributed by atoms with Crippen LogP contribution in [0.1, 0.15) is 47.3 Å². The van der Waals surface area contributed by atoms with Gasteiger partial charge in [0.05, 0.1) is 17.8 Å². The summed E-state index contributed by atoms with van der Waals surface area (Å²) in [5.74, 6) is 0.844. The van der Waals surface area contributed by atoms with Gasteiger partial charge < -0.3 is 9.26 Å². The number of aryl methyl sites for hydroxylation is 1. The number of hydrogen-bond donors (Lipinski definition) is 0. The molecule has 11 heteroatoms. The summed E-state index contributed by atoms with van der Waals surface area (Å²) in [5.41, 5.74) is 2.19. The first-order chi connectivity index (χ1) is 17.8. The van der Waals surface area contributed by atoms with Gasteiger partial charge in [-0.25, -0.2) is 14.1 Å². The van der Waals surface area contributed by atoms with Crippen LogP contribution in [-0.4, -0.2) is 46.0 Å². The predicted molar refractivity (Wildman–Crippen MR) is 157 cm³/mol. The Labute approximate surface area is 238 Å². The van der Waals surface area contributed by atoms with Crippen LogP contribution in [-0.2, 0) is 27.6 Å². The molecule has 1 fully saturated rings. The number of fused-ring (bicyclic) bond motifs is 1. The molecule has 37 heavy (non-hydrogen) atoms. The molecule has 1 aromatic heterocycles. The third-order valence-electron chi connectivity index (χ3n) is 6.43. The standard InChI is InChI=1S/C26H27Br2N4O3PS/c1-18-23-24(32(30-18)16-17-34-26(33)20-8-12-22(28)13-9-20)29-25(19-6-10-21(27)11-7-19)35-36(23,37)31-14-4-2-3-5-15-31/h6-13H,2-5,14-17H2,1H3. The summed E-state index contributed by atoms with van der Waals surface area (Å²) in [6.07, 6.45) is 1.97. The lowest BCUT2D eigenvalue weighted by Gasteiger charge is -2.36. The molecule has 7 nitrogen and oxygen atoms in total. The Morgan fingerprint density at radius 3 is 2.30 bits per heavy atom. The first-order valence-corrected chi connectivity index (χ1v) is 16.5. The molecule has 0 saturated carbocycles. The van der Waals surface area contributed by atoms with Crippen molar-refractivity contribution in [3.05, 3.63) is 74.3 Å². The minimum absolute atomic E-state index is 0.166. The van der Waals surface area contributed by atoms with Crippen LogP contribution in [0.4, 0.5) is 5.82 Å². The van der Waals surface area contributed by atoms with Crippen molar-refractivity contribution in [2.75, 3.05) is 19.7 Å². The van der Waals surface area contributed by atoms with Gasteiger partial charge in [0, 0.05) is 27.6 Å². The number of aliphatic imine (C=N–C) groups is 1. The van der Waals surface area contributed by atoms with E-state index in [1.807, 2.05) is 43.3 Å². The van der Waals surface area contributed by atoms with E-state index in [-0.39, 0.29) is 12.6 Å². The first-order valence-electron chi connectivity index (χ1n) is 12.3. The maximum atomic E-state index is 12.5. The summed E-state index contributed by atoms with van der Waals surface area (Å²) in [6, 6.07) is 15.0. The largest absolute Gasteiger partial charge is 0.460 e. The Morgan fingerprint density at radius 2 is 1.65 bits per heavy atom. The van der Waals surface area contributed by atoms with Crippen LogP contribution in [0.2, 0.25) is 0 Å². The molecule has 3 heterocycles. The van der Waals surface area contributed by atoms with Crippen LogP contribution in [0, 0.1) is 6.92 Å². The zero-order valence-electron chi connectivity index (χ0n) is 20.4. The van der Waals surface area contributed by atoms with Crippen molar-refractivity contribution in [2.45, 2.75) is 39.2 Å². The summed E-state index contributed by atoms with van der Waals surface area (Å²) in [4.78, 5) is 17.4. The Kier molecular flexibility index (Phi) is 8.31. The lowest BCUT2D eigenvalue weighted by molar-refractivity contribution is 0.0488. The van der Waals surface area contributed by atoms with Crippen LogP contribution in [0.5, 0.6) is 0 Å². The van der Waals surface area contributed by atoms with Gasteiger partial charge in [0.25, 0.3) is 0 Å². The second kappa shape index (κ2) is 11.5. The number of aromatic nitrogens is 2. The molecule has 1 saturated heterocycles. The van der Waals surface area contributed by atoms with Crippen LogP contribution < -0.4 is 5.30 Å². The summed E-state index contributed by atoms with van der Waals surface area (Å²) in [5, 5.41) is 5.70. The van der Waals surface area contributed by atoms with Gasteiger partial charge in [-0.2, -0.15) is 10.1 Å². The molecule has 2 aromatic carbocycles. The number of carbonyl (C=O) groups is 1. The molecule has 1 atom stereocenters. The monoisotopic (exact) mass is 664 g/mol. The second-order valence-corrected chi connectivity index (χ2v) is 14.6. The van der Waals surface area contributed by atoms with E-state index < -0.39 is 6.42 Å². The summed E-state index contributed by atoms with van der Waals surface area (Å²) in [6.45, 7) is 4.30. The van der Waals surface area contributed by atoms with Gasteiger partial charge >= 0.3 is 5.97 Å². The van der Waals surface area contributed by atoms with Crippen LogP contribution in [0.15, 0.2) is 62.5 Å². The van der Waals surface area contributed by atoms with E-state index in [4.69, 9.17) is 31.2 Å². The molecular weight excluding hydrogens is 639 g/mol. The van der Waals surface area contributed by atoms with E-state index in [0.29, 0.717) is 23.8 Å². The number of nitrogens with zero attached hydrogens (tertiary/aromatic N) is 4. The molecule has 0 radical (unpaired) electrons. The topological polar surface area (TPSA) is 69.0 Å². The molecule has 0 N–H and O–H groups in total. The fraction of sp³-hybridized carbons (Fsp3) is 0.346. The SMILES string of the molecule is Cc1nn(CCOC(=O)c2ccc(Br)cc2)c2c1P(=S)(N1CCCCCC1)OC(c1ccc(Br)cc1)=N2. The molecular formula is C26H27Br2N4O3PS. The second-order valence-electron chi connectivity index (χ2n) is 9.03. The molecule has 3 aromatic rings. The third kappa shape index (κ3) is 5.78. The fourth-order valence-electron chi connectivity index (χ4n) is 4.56. The Balaban J connectivity index is 1.46. The first kappa shape index (κ1) is 26.8. The number of rotatable bonds is 6. The quantitative estimate of drug-likeness (QED) is 0.221. The Morgan fingerprint density at radius 1 is 1.03 bits per heavy atom. The van der Waals surface area contributed by atoms with Gasteiger partial charge in [0.2, 0.25) is 12.3 Å². The van der Waals surface area contributed by atoms with Gasteiger partial charge in [0.15, 0.2) is 5.82 Å². The van der Waals surface area contributed by atoms with Gasteiger partial charge in [-0.3, -0.25) is 0 Å². The molecule has 194 valence electrons. The van der Waals surface area contributed by atoms with E-state index in [9.17, 15) is 4.79 Å². The number of carbonyl (C=O) groups excluding carboxylic acids is 1. The predicted octanol–water partition coefficient (Wildman–Crippen LogP) is 6.49. The summed E-state index contributed by atoms with van der Waals surface area (Å²) in [7, 11) is 0. The van der Waals surface area contributed by atoms with Gasteiger partial charge in [-0.05, 0) is 80.1 Å². The highest BCUT2D eigenvalue weighted by atomic mass is 79.9. The molecule has 2 aliphatic heterocycles. The minimum Gasteiger partial charge on any atom is -0.460 e. The average Bonchev–Trinajstić information content (AvgIpc) is 3.04. The Bertz CT molecular complexity index is 1370. The zero-order valence-corrected chi connectivity index (χ0v) is 25.3. The van der Waals surface area contributed by atoms with Crippen molar-refractivity contribution >= 4 is 73.1 Å². The lowest BCUT2D eigenvalue weighted by atomic mass is 10.2. The van der Waals surface area contributed by atoms with Crippen molar-refractivity contribution in [3.63, 3.8) is 0 Å². The van der Waals surface area contributed by atoms with Crippen molar-refractivity contribution in [3.8, 4) is 0 Å². The maximum Gasteiger partial charge on any atom is 0.338 e. The molecule has 0 spiro atoms. The van der Waals surface area contributed by atoms with Gasteiger partial charge in [-0.15, -0.1) is 0 Å². The molecule has 0 bridgehead atoms. The van der Waals surface area contributed by atoms with Crippen molar-refractivity contribution < 1.29 is 14.1 Å². The number of halogens is 2. The van der Waals surface area contributed by atoms with Crippen LogP contribution in [0.25, 0.3) is 0 Å². The van der Waals surface area contributed by atoms with Crippen LogP contribution >= 0.6 is 38.3 Å². The highest BCUT2D eigenvalue weighted by molar-refractivity contribution is 9.10. The highest BCUT2D eigenvalue weighted by Crippen LogP contribution is 2.56. The lowest BCUT2D eigenvalue weighted by Crippen LogP contribution is -2.32. The number of ether oxygens (including phenoxy) is 1. The normalized spacial score (nSPS) is 19.9.